The van der Waals surface area contributed by atoms with Gasteiger partial charge in [-0.3, -0.25) is 0 Å². The van der Waals surface area contributed by atoms with Crippen molar-refractivity contribution in [3.8, 4) is 5.75 Å². The van der Waals surface area contributed by atoms with E-state index in [4.69, 9.17) is 9.47 Å². The molecule has 1 aliphatic carbocycles. The Hall–Kier alpha value is -1.06. The fourth-order valence-corrected chi connectivity index (χ4v) is 2.68. The maximum atomic E-state index is 6.10. The van der Waals surface area contributed by atoms with Gasteiger partial charge in [0.05, 0.1) is 0 Å². The van der Waals surface area contributed by atoms with Crippen LogP contribution in [-0.2, 0) is 11.2 Å². The SMILES string of the molecule is CCCNC1CC(Oc2ccc(CC)cc2)C1OCCC. The van der Waals surface area contributed by atoms with Crippen LogP contribution in [0.15, 0.2) is 24.3 Å². The number of benzene rings is 1. The van der Waals surface area contributed by atoms with E-state index in [2.05, 4.69) is 50.4 Å². The Kier molecular flexibility index (Phi) is 6.52. The minimum absolute atomic E-state index is 0.179. The number of hydrogen-bond acceptors (Lipinski definition) is 3. The van der Waals surface area contributed by atoms with Gasteiger partial charge < -0.3 is 14.8 Å². The molecule has 1 aromatic carbocycles. The molecule has 0 aliphatic heterocycles. The summed E-state index contributed by atoms with van der Waals surface area (Å²) in [7, 11) is 0. The van der Waals surface area contributed by atoms with Crippen LogP contribution in [0.1, 0.15) is 45.6 Å². The van der Waals surface area contributed by atoms with Gasteiger partial charge in [-0.2, -0.15) is 0 Å². The summed E-state index contributed by atoms with van der Waals surface area (Å²) in [5, 5.41) is 3.56. The van der Waals surface area contributed by atoms with Crippen molar-refractivity contribution in [3.05, 3.63) is 29.8 Å². The molecule has 0 amide bonds. The lowest BCUT2D eigenvalue weighted by Gasteiger charge is -2.44. The Balaban J connectivity index is 1.88. The highest BCUT2D eigenvalue weighted by molar-refractivity contribution is 5.28. The molecule has 0 radical (unpaired) electrons. The van der Waals surface area contributed by atoms with Crippen LogP contribution in [0.4, 0.5) is 0 Å². The van der Waals surface area contributed by atoms with Gasteiger partial charge in [0.1, 0.15) is 18.0 Å². The van der Waals surface area contributed by atoms with E-state index >= 15 is 0 Å². The minimum Gasteiger partial charge on any atom is -0.488 e. The first-order valence-corrected chi connectivity index (χ1v) is 8.39. The molecular formula is C18H29NO2. The van der Waals surface area contributed by atoms with Crippen LogP contribution >= 0.6 is 0 Å². The van der Waals surface area contributed by atoms with Gasteiger partial charge in [0, 0.05) is 19.1 Å². The molecule has 3 heteroatoms. The summed E-state index contributed by atoms with van der Waals surface area (Å²) < 4.78 is 12.1. The predicted octanol–water partition coefficient (Wildman–Crippen LogP) is 3.56. The standard InChI is InChI=1S/C18H29NO2/c1-4-11-19-16-13-17(18(16)20-12-5-2)21-15-9-7-14(6-3)8-10-15/h7-10,16-19H,4-6,11-13H2,1-3H3. The van der Waals surface area contributed by atoms with Gasteiger partial charge in [-0.25, -0.2) is 0 Å². The second-order valence-corrected chi connectivity index (χ2v) is 5.79. The molecule has 3 atom stereocenters. The molecule has 1 N–H and O–H groups in total. The second-order valence-electron chi connectivity index (χ2n) is 5.79. The molecule has 3 unspecified atom stereocenters. The zero-order valence-corrected chi connectivity index (χ0v) is 13.6. The molecular weight excluding hydrogens is 262 g/mol. The van der Waals surface area contributed by atoms with Crippen molar-refractivity contribution < 1.29 is 9.47 Å². The van der Waals surface area contributed by atoms with E-state index in [-0.39, 0.29) is 12.2 Å². The van der Waals surface area contributed by atoms with E-state index in [9.17, 15) is 0 Å². The van der Waals surface area contributed by atoms with Crippen LogP contribution in [-0.4, -0.2) is 31.4 Å². The van der Waals surface area contributed by atoms with Crippen molar-refractivity contribution in [2.75, 3.05) is 13.2 Å². The Morgan fingerprint density at radius 1 is 1.10 bits per heavy atom. The first kappa shape index (κ1) is 16.3. The molecule has 1 aromatic rings. The van der Waals surface area contributed by atoms with E-state index in [1.807, 2.05) is 0 Å². The molecule has 0 bridgehead atoms. The predicted molar refractivity (Wildman–Crippen MR) is 87.0 cm³/mol. The highest BCUT2D eigenvalue weighted by Crippen LogP contribution is 2.29. The second kappa shape index (κ2) is 8.40. The summed E-state index contributed by atoms with van der Waals surface area (Å²) in [6, 6.07) is 8.87. The molecule has 0 spiro atoms. The summed E-state index contributed by atoms with van der Waals surface area (Å²) in [5.74, 6) is 0.955. The zero-order chi connectivity index (χ0) is 15.1. The average Bonchev–Trinajstić information content (AvgIpc) is 2.51. The van der Waals surface area contributed by atoms with Crippen LogP contribution in [0.2, 0.25) is 0 Å². The lowest BCUT2D eigenvalue weighted by molar-refractivity contribution is -0.107. The third kappa shape index (κ3) is 4.45. The Morgan fingerprint density at radius 2 is 1.86 bits per heavy atom. The summed E-state index contributed by atoms with van der Waals surface area (Å²) in [5.41, 5.74) is 1.34. The van der Waals surface area contributed by atoms with Crippen molar-refractivity contribution in [1.82, 2.24) is 5.32 Å². The lowest BCUT2D eigenvalue weighted by atomic mass is 9.85. The molecule has 2 rings (SSSR count). The third-order valence-corrected chi connectivity index (χ3v) is 4.04. The van der Waals surface area contributed by atoms with Crippen molar-refractivity contribution in [2.24, 2.45) is 0 Å². The summed E-state index contributed by atoms with van der Waals surface area (Å²) in [6.07, 6.45) is 4.66. The van der Waals surface area contributed by atoms with E-state index in [0.29, 0.717) is 6.04 Å². The maximum Gasteiger partial charge on any atom is 0.128 e. The van der Waals surface area contributed by atoms with E-state index in [0.717, 1.165) is 44.6 Å². The van der Waals surface area contributed by atoms with Gasteiger partial charge in [-0.05, 0) is 43.5 Å². The molecule has 21 heavy (non-hydrogen) atoms. The normalized spacial score (nSPS) is 24.6. The van der Waals surface area contributed by atoms with Crippen LogP contribution in [0.3, 0.4) is 0 Å². The van der Waals surface area contributed by atoms with Crippen LogP contribution < -0.4 is 10.1 Å². The lowest BCUT2D eigenvalue weighted by Crippen LogP contribution is -2.61. The molecule has 1 aliphatic rings. The molecule has 0 heterocycles. The Labute approximate surface area is 129 Å². The van der Waals surface area contributed by atoms with Crippen molar-refractivity contribution in [3.63, 3.8) is 0 Å². The van der Waals surface area contributed by atoms with Crippen molar-refractivity contribution >= 4 is 0 Å². The van der Waals surface area contributed by atoms with Crippen LogP contribution in [0.25, 0.3) is 0 Å². The van der Waals surface area contributed by atoms with Crippen LogP contribution in [0.5, 0.6) is 5.75 Å². The van der Waals surface area contributed by atoms with E-state index in [1.165, 1.54) is 5.56 Å². The van der Waals surface area contributed by atoms with Crippen molar-refractivity contribution in [1.29, 1.82) is 0 Å². The Morgan fingerprint density at radius 3 is 2.48 bits per heavy atom. The van der Waals surface area contributed by atoms with Gasteiger partial charge in [-0.15, -0.1) is 0 Å². The van der Waals surface area contributed by atoms with Gasteiger partial charge in [0.2, 0.25) is 0 Å². The molecule has 3 nitrogen and oxygen atoms in total. The number of rotatable bonds is 9. The number of aryl methyl sites for hydroxylation is 1. The highest BCUT2D eigenvalue weighted by atomic mass is 16.5. The number of hydrogen-bond donors (Lipinski definition) is 1. The van der Waals surface area contributed by atoms with Gasteiger partial charge in [-0.1, -0.05) is 32.9 Å². The van der Waals surface area contributed by atoms with E-state index < -0.39 is 0 Å². The zero-order valence-electron chi connectivity index (χ0n) is 13.6. The molecule has 0 saturated heterocycles. The fourth-order valence-electron chi connectivity index (χ4n) is 2.68. The smallest absolute Gasteiger partial charge is 0.128 e. The molecule has 1 saturated carbocycles. The van der Waals surface area contributed by atoms with Crippen molar-refractivity contribution in [2.45, 2.75) is 64.7 Å². The van der Waals surface area contributed by atoms with Gasteiger partial charge >= 0.3 is 0 Å². The maximum absolute atomic E-state index is 6.10. The highest BCUT2D eigenvalue weighted by Gasteiger charge is 2.43. The van der Waals surface area contributed by atoms with Gasteiger partial charge in [0.15, 0.2) is 0 Å². The number of nitrogens with one attached hydrogen (secondary N) is 1. The van der Waals surface area contributed by atoms with Crippen LogP contribution in [0, 0.1) is 0 Å². The topological polar surface area (TPSA) is 30.5 Å². The Bertz CT molecular complexity index is 404. The minimum atomic E-state index is 0.179. The summed E-state index contributed by atoms with van der Waals surface area (Å²) in [6.45, 7) is 8.36. The van der Waals surface area contributed by atoms with E-state index in [1.54, 1.807) is 0 Å². The first-order chi connectivity index (χ1) is 10.3. The fraction of sp³-hybridized carbons (Fsp3) is 0.667. The summed E-state index contributed by atoms with van der Waals surface area (Å²) in [4.78, 5) is 0. The third-order valence-electron chi connectivity index (χ3n) is 4.04. The van der Waals surface area contributed by atoms with Gasteiger partial charge in [0.25, 0.3) is 0 Å². The molecule has 0 aromatic heterocycles. The summed E-state index contributed by atoms with van der Waals surface area (Å²) >= 11 is 0. The molecule has 1 fully saturated rings. The largest absolute Gasteiger partial charge is 0.488 e. The quantitative estimate of drug-likeness (QED) is 0.754. The molecule has 118 valence electrons. The monoisotopic (exact) mass is 291 g/mol. The number of ether oxygens (including phenoxy) is 2. The first-order valence-electron chi connectivity index (χ1n) is 8.39. The average molecular weight is 291 g/mol.